The van der Waals surface area contributed by atoms with Gasteiger partial charge in [0.1, 0.15) is 5.82 Å². The predicted molar refractivity (Wildman–Crippen MR) is 66.6 cm³/mol. The van der Waals surface area contributed by atoms with Gasteiger partial charge in [-0.05, 0) is 12.1 Å². The molecule has 0 aromatic carbocycles. The highest BCUT2D eigenvalue weighted by Gasteiger charge is 2.23. The third-order valence-corrected chi connectivity index (χ3v) is 3.83. The van der Waals surface area contributed by atoms with Crippen LogP contribution in [-0.4, -0.2) is 20.6 Å². The molecule has 4 nitrogen and oxygen atoms in total. The van der Waals surface area contributed by atoms with Crippen LogP contribution in [0, 0.1) is 0 Å². The molecule has 0 saturated carbocycles. The van der Waals surface area contributed by atoms with Crippen LogP contribution in [0.4, 0.5) is 0 Å². The molecule has 0 amide bonds. The first-order chi connectivity index (χ1) is 8.08. The quantitative estimate of drug-likeness (QED) is 0.929. The van der Waals surface area contributed by atoms with Crippen molar-refractivity contribution in [3.8, 4) is 0 Å². The number of rotatable bonds is 4. The summed E-state index contributed by atoms with van der Waals surface area (Å²) in [5.74, 6) is -0.349. The molecule has 0 fully saturated rings. The van der Waals surface area contributed by atoms with E-state index in [2.05, 4.69) is 4.98 Å². The summed E-state index contributed by atoms with van der Waals surface area (Å²) in [4.78, 5) is 16.1. The molecular weight excluding hydrogens is 260 g/mol. The van der Waals surface area contributed by atoms with Crippen LogP contribution in [0.3, 0.4) is 0 Å². The van der Waals surface area contributed by atoms with Gasteiger partial charge in [0.05, 0.1) is 16.7 Å². The monoisotopic (exact) mass is 270 g/mol. The van der Waals surface area contributed by atoms with E-state index in [1.807, 2.05) is 17.7 Å². The number of carbonyl (C=O) groups is 1. The summed E-state index contributed by atoms with van der Waals surface area (Å²) in [6.07, 6.45) is 3.49. The maximum absolute atomic E-state index is 10.9. The molecule has 2 aromatic rings. The predicted octanol–water partition coefficient (Wildman–Crippen LogP) is 2.74. The van der Waals surface area contributed by atoms with Gasteiger partial charge in [-0.1, -0.05) is 11.6 Å². The third kappa shape index (κ3) is 2.68. The van der Waals surface area contributed by atoms with Gasteiger partial charge in [0, 0.05) is 24.3 Å². The second kappa shape index (κ2) is 4.89. The van der Waals surface area contributed by atoms with Crippen molar-refractivity contribution in [1.82, 2.24) is 9.55 Å². The van der Waals surface area contributed by atoms with E-state index >= 15 is 0 Å². The van der Waals surface area contributed by atoms with Crippen LogP contribution in [0.2, 0.25) is 4.34 Å². The molecule has 2 rings (SSSR count). The van der Waals surface area contributed by atoms with E-state index in [1.165, 1.54) is 11.3 Å². The van der Waals surface area contributed by atoms with Gasteiger partial charge in [0.15, 0.2) is 0 Å². The molecular formula is C11H11ClN2O2S. The first kappa shape index (κ1) is 12.1. The zero-order valence-corrected chi connectivity index (χ0v) is 10.7. The van der Waals surface area contributed by atoms with Crippen molar-refractivity contribution in [2.75, 3.05) is 0 Å². The molecule has 1 atom stereocenters. The normalized spacial score (nSPS) is 12.6. The van der Waals surface area contributed by atoms with Crippen LogP contribution in [-0.2, 0) is 11.8 Å². The van der Waals surface area contributed by atoms with Gasteiger partial charge in [-0.15, -0.1) is 11.3 Å². The Morgan fingerprint density at radius 3 is 2.88 bits per heavy atom. The molecule has 90 valence electrons. The topological polar surface area (TPSA) is 55.1 Å². The van der Waals surface area contributed by atoms with Crippen LogP contribution >= 0.6 is 22.9 Å². The Morgan fingerprint density at radius 1 is 1.65 bits per heavy atom. The molecule has 2 aromatic heterocycles. The van der Waals surface area contributed by atoms with Gasteiger partial charge in [0.2, 0.25) is 0 Å². The Bertz CT molecular complexity index is 535. The van der Waals surface area contributed by atoms with Crippen LogP contribution < -0.4 is 0 Å². The van der Waals surface area contributed by atoms with Crippen molar-refractivity contribution >= 4 is 28.9 Å². The van der Waals surface area contributed by atoms with E-state index in [1.54, 1.807) is 18.5 Å². The number of carboxylic acid groups (broad SMARTS) is 1. The zero-order chi connectivity index (χ0) is 12.4. The fraction of sp³-hybridized carbons (Fsp3) is 0.273. The largest absolute Gasteiger partial charge is 0.481 e. The van der Waals surface area contributed by atoms with Gasteiger partial charge < -0.3 is 9.67 Å². The average molecular weight is 271 g/mol. The SMILES string of the molecule is Cn1ccnc1C(CC(=O)O)c1ccc(Cl)s1. The highest BCUT2D eigenvalue weighted by atomic mass is 35.5. The fourth-order valence-corrected chi connectivity index (χ4v) is 2.88. The minimum absolute atomic E-state index is 0.0156. The lowest BCUT2D eigenvalue weighted by molar-refractivity contribution is -0.137. The molecule has 0 bridgehead atoms. The number of aromatic nitrogens is 2. The van der Waals surface area contributed by atoms with Gasteiger partial charge in [-0.25, -0.2) is 4.98 Å². The molecule has 1 unspecified atom stereocenters. The number of carboxylic acids is 1. The molecule has 0 saturated heterocycles. The number of hydrogen-bond acceptors (Lipinski definition) is 3. The molecule has 17 heavy (non-hydrogen) atoms. The lowest BCUT2D eigenvalue weighted by Gasteiger charge is -2.12. The number of aryl methyl sites for hydroxylation is 1. The summed E-state index contributed by atoms with van der Waals surface area (Å²) in [6.45, 7) is 0. The third-order valence-electron chi connectivity index (χ3n) is 2.49. The highest BCUT2D eigenvalue weighted by Crippen LogP contribution is 2.33. The lowest BCUT2D eigenvalue weighted by atomic mass is 10.0. The highest BCUT2D eigenvalue weighted by molar-refractivity contribution is 7.16. The van der Waals surface area contributed by atoms with Crippen molar-refractivity contribution in [1.29, 1.82) is 0 Å². The first-order valence-electron chi connectivity index (χ1n) is 5.02. The summed E-state index contributed by atoms with van der Waals surface area (Å²) >= 11 is 7.28. The van der Waals surface area contributed by atoms with E-state index in [0.29, 0.717) is 4.34 Å². The summed E-state index contributed by atoms with van der Waals surface area (Å²) < 4.78 is 2.49. The number of thiophene rings is 1. The number of halogens is 1. The Labute approximate surface area is 107 Å². The summed E-state index contributed by atoms with van der Waals surface area (Å²) in [6, 6.07) is 3.63. The smallest absolute Gasteiger partial charge is 0.304 e. The van der Waals surface area contributed by atoms with Gasteiger partial charge >= 0.3 is 5.97 Å². The number of nitrogens with zero attached hydrogens (tertiary/aromatic N) is 2. The van der Waals surface area contributed by atoms with E-state index in [4.69, 9.17) is 16.7 Å². The molecule has 0 aliphatic carbocycles. The van der Waals surface area contributed by atoms with Gasteiger partial charge in [-0.3, -0.25) is 4.79 Å². The molecule has 2 heterocycles. The van der Waals surface area contributed by atoms with E-state index < -0.39 is 5.97 Å². The number of hydrogen-bond donors (Lipinski definition) is 1. The van der Waals surface area contributed by atoms with Gasteiger partial charge in [0.25, 0.3) is 0 Å². The molecule has 0 radical (unpaired) electrons. The summed E-state index contributed by atoms with van der Waals surface area (Å²) in [5, 5.41) is 8.98. The van der Waals surface area contributed by atoms with Crippen LogP contribution in [0.5, 0.6) is 0 Å². The molecule has 0 spiro atoms. The Kier molecular flexibility index (Phi) is 3.49. The van der Waals surface area contributed by atoms with Crippen LogP contribution in [0.15, 0.2) is 24.5 Å². The standard InChI is InChI=1S/C11H11ClN2O2S/c1-14-5-4-13-11(14)7(6-10(15)16)8-2-3-9(12)17-8/h2-5,7H,6H2,1H3,(H,15,16). The lowest BCUT2D eigenvalue weighted by Crippen LogP contribution is -2.11. The Hall–Kier alpha value is -1.33. The van der Waals surface area contributed by atoms with Crippen LogP contribution in [0.1, 0.15) is 23.0 Å². The Balaban J connectivity index is 2.38. The molecule has 0 aliphatic heterocycles. The number of imidazole rings is 1. The second-order valence-electron chi connectivity index (χ2n) is 3.69. The minimum Gasteiger partial charge on any atom is -0.481 e. The van der Waals surface area contributed by atoms with Gasteiger partial charge in [-0.2, -0.15) is 0 Å². The van der Waals surface area contributed by atoms with E-state index in [9.17, 15) is 4.79 Å². The van der Waals surface area contributed by atoms with Crippen molar-refractivity contribution in [2.24, 2.45) is 7.05 Å². The average Bonchev–Trinajstić information content (AvgIpc) is 2.84. The summed E-state index contributed by atoms with van der Waals surface area (Å²) in [5.41, 5.74) is 0. The van der Waals surface area contributed by atoms with Crippen molar-refractivity contribution < 1.29 is 9.90 Å². The van der Waals surface area contributed by atoms with E-state index in [-0.39, 0.29) is 12.3 Å². The van der Waals surface area contributed by atoms with E-state index in [0.717, 1.165) is 10.7 Å². The molecule has 6 heteroatoms. The number of aliphatic carboxylic acids is 1. The molecule has 0 aliphatic rings. The van der Waals surface area contributed by atoms with Crippen molar-refractivity contribution in [2.45, 2.75) is 12.3 Å². The fourth-order valence-electron chi connectivity index (χ4n) is 1.72. The van der Waals surface area contributed by atoms with Crippen molar-refractivity contribution in [3.63, 3.8) is 0 Å². The maximum atomic E-state index is 10.9. The maximum Gasteiger partial charge on any atom is 0.304 e. The van der Waals surface area contributed by atoms with Crippen molar-refractivity contribution in [3.05, 3.63) is 39.6 Å². The molecule has 1 N–H and O–H groups in total. The zero-order valence-electron chi connectivity index (χ0n) is 9.13. The Morgan fingerprint density at radius 2 is 2.41 bits per heavy atom. The first-order valence-corrected chi connectivity index (χ1v) is 6.21. The summed E-state index contributed by atoms with van der Waals surface area (Å²) in [7, 11) is 1.85. The minimum atomic E-state index is -0.845. The van der Waals surface area contributed by atoms with Crippen LogP contribution in [0.25, 0.3) is 0 Å². The second-order valence-corrected chi connectivity index (χ2v) is 5.44.